The molecule has 0 radical (unpaired) electrons. The van der Waals surface area contributed by atoms with Gasteiger partial charge in [-0.05, 0) is 53.0 Å². The second kappa shape index (κ2) is 5.64. The van der Waals surface area contributed by atoms with E-state index in [4.69, 9.17) is 0 Å². The highest BCUT2D eigenvalue weighted by Crippen LogP contribution is 2.37. The monoisotopic (exact) mass is 347 g/mol. The first-order valence-electron chi connectivity index (χ1n) is 7.56. The maximum atomic E-state index is 13.2. The number of benzene rings is 2. The van der Waals surface area contributed by atoms with Crippen molar-refractivity contribution in [2.45, 2.75) is 23.8 Å². The van der Waals surface area contributed by atoms with Gasteiger partial charge in [-0.25, -0.2) is 17.4 Å². The van der Waals surface area contributed by atoms with Crippen LogP contribution < -0.4 is 0 Å². The molecule has 1 fully saturated rings. The molecule has 1 saturated heterocycles. The smallest absolute Gasteiger partial charge is 0.243 e. The molecule has 0 spiro atoms. The summed E-state index contributed by atoms with van der Waals surface area (Å²) < 4.78 is 45.5. The van der Waals surface area contributed by atoms with Gasteiger partial charge in [-0.2, -0.15) is 4.31 Å². The minimum Gasteiger partial charge on any atom is -0.243 e. The Morgan fingerprint density at radius 1 is 1.12 bits per heavy atom. The summed E-state index contributed by atoms with van der Waals surface area (Å²) in [6.45, 7) is 0.409. The van der Waals surface area contributed by atoms with E-state index in [-0.39, 0.29) is 22.3 Å². The lowest BCUT2D eigenvalue weighted by Gasteiger charge is -2.24. The van der Waals surface area contributed by atoms with E-state index in [1.165, 1.54) is 22.5 Å². The summed E-state index contributed by atoms with van der Waals surface area (Å²) in [5.74, 6) is -0.343. The summed E-state index contributed by atoms with van der Waals surface area (Å²) in [4.78, 5) is 0.0789. The predicted molar refractivity (Wildman–Crippen MR) is 84.1 cm³/mol. The van der Waals surface area contributed by atoms with Crippen molar-refractivity contribution in [1.29, 1.82) is 0 Å². The minimum atomic E-state index is -3.77. The van der Waals surface area contributed by atoms with Crippen LogP contribution in [0.2, 0.25) is 0 Å². The maximum absolute atomic E-state index is 13.2. The summed E-state index contributed by atoms with van der Waals surface area (Å²) in [6, 6.07) is 10.4. The van der Waals surface area contributed by atoms with E-state index in [0.29, 0.717) is 18.5 Å². The van der Waals surface area contributed by atoms with Crippen LogP contribution in [0.5, 0.6) is 0 Å². The first kappa shape index (κ1) is 15.2. The third-order valence-electron chi connectivity index (χ3n) is 4.29. The van der Waals surface area contributed by atoms with Crippen molar-refractivity contribution in [2.24, 2.45) is 0 Å². The van der Waals surface area contributed by atoms with Crippen LogP contribution in [0.3, 0.4) is 0 Å². The quantitative estimate of drug-likeness (QED) is 0.728. The summed E-state index contributed by atoms with van der Waals surface area (Å²) in [7, 11) is -3.77. The zero-order valence-electron chi connectivity index (χ0n) is 12.6. The number of rotatable bonds is 3. The molecule has 0 amide bonds. The van der Waals surface area contributed by atoms with Crippen molar-refractivity contribution < 1.29 is 17.4 Å². The molecule has 8 heteroatoms. The van der Waals surface area contributed by atoms with Gasteiger partial charge in [0.1, 0.15) is 16.2 Å². The number of nitrogens with zero attached hydrogens (tertiary/aromatic N) is 3. The van der Waals surface area contributed by atoms with Crippen LogP contribution in [0.25, 0.3) is 11.0 Å². The van der Waals surface area contributed by atoms with Gasteiger partial charge >= 0.3 is 0 Å². The Bertz CT molecular complexity index is 985. The fraction of sp³-hybridized carbons (Fsp3) is 0.250. The molecule has 24 heavy (non-hydrogen) atoms. The third-order valence-corrected chi connectivity index (χ3v) is 6.23. The van der Waals surface area contributed by atoms with Crippen molar-refractivity contribution in [1.82, 2.24) is 14.6 Å². The molecule has 3 aromatic rings. The number of sulfonamides is 1. The fourth-order valence-electron chi connectivity index (χ4n) is 3.16. The molecule has 1 atom stereocenters. The highest BCUT2D eigenvalue weighted by atomic mass is 32.2. The Morgan fingerprint density at radius 3 is 2.71 bits per heavy atom. The molecule has 0 saturated carbocycles. The van der Waals surface area contributed by atoms with Crippen LogP contribution in [0.1, 0.15) is 24.4 Å². The Morgan fingerprint density at radius 2 is 1.92 bits per heavy atom. The average Bonchev–Trinajstić information content (AvgIpc) is 3.24. The number of fused-ring (bicyclic) bond motifs is 1. The van der Waals surface area contributed by atoms with Crippen molar-refractivity contribution in [3.8, 4) is 0 Å². The van der Waals surface area contributed by atoms with Crippen LogP contribution in [0.4, 0.5) is 4.39 Å². The molecule has 0 aliphatic carbocycles. The zero-order chi connectivity index (χ0) is 16.7. The summed E-state index contributed by atoms with van der Waals surface area (Å²) >= 11 is 0. The van der Waals surface area contributed by atoms with Crippen molar-refractivity contribution in [2.75, 3.05) is 6.54 Å². The SMILES string of the molecule is O=S(=O)(c1cccc2nonc12)N1CCCC1c1ccc(F)cc1. The van der Waals surface area contributed by atoms with Gasteiger partial charge in [-0.3, -0.25) is 0 Å². The Kier molecular flexibility index (Phi) is 3.58. The summed E-state index contributed by atoms with van der Waals surface area (Å²) in [5, 5.41) is 7.42. The van der Waals surface area contributed by atoms with E-state index in [2.05, 4.69) is 14.9 Å². The van der Waals surface area contributed by atoms with E-state index >= 15 is 0 Å². The predicted octanol–water partition coefficient (Wildman–Crippen LogP) is 2.89. The van der Waals surface area contributed by atoms with Crippen molar-refractivity contribution in [3.63, 3.8) is 0 Å². The lowest BCUT2D eigenvalue weighted by atomic mass is 10.1. The lowest BCUT2D eigenvalue weighted by Crippen LogP contribution is -2.30. The summed E-state index contributed by atoms with van der Waals surface area (Å²) in [6.07, 6.45) is 1.44. The van der Waals surface area contributed by atoms with Gasteiger partial charge in [-0.15, -0.1) is 0 Å². The Labute approximate surface area is 137 Å². The molecule has 0 N–H and O–H groups in total. The normalized spacial score (nSPS) is 19.1. The molecule has 1 unspecified atom stereocenters. The number of hydrogen-bond acceptors (Lipinski definition) is 5. The van der Waals surface area contributed by atoms with Crippen molar-refractivity contribution >= 4 is 21.1 Å². The van der Waals surface area contributed by atoms with Gasteiger partial charge in [0.25, 0.3) is 0 Å². The highest BCUT2D eigenvalue weighted by Gasteiger charge is 2.37. The van der Waals surface area contributed by atoms with E-state index in [1.807, 2.05) is 0 Å². The first-order valence-corrected chi connectivity index (χ1v) is 9.00. The molecule has 4 rings (SSSR count). The number of hydrogen-bond donors (Lipinski definition) is 0. The first-order chi connectivity index (χ1) is 11.6. The van der Waals surface area contributed by atoms with Crippen LogP contribution in [-0.4, -0.2) is 29.6 Å². The zero-order valence-corrected chi connectivity index (χ0v) is 13.4. The molecule has 6 nitrogen and oxygen atoms in total. The molecule has 2 heterocycles. The fourth-order valence-corrected chi connectivity index (χ4v) is 4.98. The number of halogens is 1. The van der Waals surface area contributed by atoms with Crippen LogP contribution in [0.15, 0.2) is 52.0 Å². The maximum Gasteiger partial charge on any atom is 0.245 e. The van der Waals surface area contributed by atoms with E-state index < -0.39 is 10.0 Å². The third kappa shape index (κ3) is 2.38. The van der Waals surface area contributed by atoms with E-state index in [9.17, 15) is 12.8 Å². The van der Waals surface area contributed by atoms with Crippen LogP contribution >= 0.6 is 0 Å². The molecule has 1 aliphatic rings. The summed E-state index contributed by atoms with van der Waals surface area (Å²) in [5.41, 5.74) is 1.40. The molecule has 124 valence electrons. The van der Waals surface area contributed by atoms with E-state index in [0.717, 1.165) is 12.0 Å². The van der Waals surface area contributed by atoms with Gasteiger partial charge in [0.2, 0.25) is 10.0 Å². The van der Waals surface area contributed by atoms with Crippen LogP contribution in [0, 0.1) is 5.82 Å². The Hall–Kier alpha value is -2.32. The molecular formula is C16H14FN3O3S. The molecule has 2 aromatic carbocycles. The van der Waals surface area contributed by atoms with Gasteiger partial charge < -0.3 is 0 Å². The topological polar surface area (TPSA) is 76.3 Å². The number of aromatic nitrogens is 2. The Balaban J connectivity index is 1.78. The van der Waals surface area contributed by atoms with Gasteiger partial charge in [0.05, 0.1) is 6.04 Å². The van der Waals surface area contributed by atoms with Gasteiger partial charge in [0, 0.05) is 6.54 Å². The molecule has 0 bridgehead atoms. The molecular weight excluding hydrogens is 333 g/mol. The average molecular weight is 347 g/mol. The van der Waals surface area contributed by atoms with Gasteiger partial charge in [-0.1, -0.05) is 18.2 Å². The minimum absolute atomic E-state index is 0.0789. The van der Waals surface area contributed by atoms with E-state index in [1.54, 1.807) is 24.3 Å². The van der Waals surface area contributed by atoms with Crippen LogP contribution in [-0.2, 0) is 10.0 Å². The van der Waals surface area contributed by atoms with Crippen molar-refractivity contribution in [3.05, 3.63) is 53.8 Å². The van der Waals surface area contributed by atoms with Gasteiger partial charge in [0.15, 0.2) is 5.52 Å². The standard InChI is InChI=1S/C16H14FN3O3S/c17-12-8-6-11(7-9-12)14-4-2-10-20(14)24(21,22)15-5-1-3-13-16(15)19-23-18-13/h1,3,5-9,14H,2,4,10H2. The highest BCUT2D eigenvalue weighted by molar-refractivity contribution is 7.89. The second-order valence-corrected chi connectivity index (χ2v) is 7.57. The lowest BCUT2D eigenvalue weighted by molar-refractivity contribution is 0.315. The molecule has 1 aromatic heterocycles. The molecule has 1 aliphatic heterocycles. The largest absolute Gasteiger partial charge is 0.245 e. The second-order valence-electron chi connectivity index (χ2n) is 5.71.